The highest BCUT2D eigenvalue weighted by molar-refractivity contribution is 5.92. The van der Waals surface area contributed by atoms with Gasteiger partial charge in [-0.1, -0.05) is 24.3 Å². The molecule has 0 atom stereocenters. The van der Waals surface area contributed by atoms with Crippen molar-refractivity contribution in [3.05, 3.63) is 54.4 Å². The molecule has 0 spiro atoms. The van der Waals surface area contributed by atoms with E-state index in [1.54, 1.807) is 6.33 Å². The molecule has 6 nitrogen and oxygen atoms in total. The van der Waals surface area contributed by atoms with Crippen molar-refractivity contribution in [2.45, 2.75) is 43.8 Å². The predicted octanol–water partition coefficient (Wildman–Crippen LogP) is 2.98. The molecule has 28 heavy (non-hydrogen) atoms. The average Bonchev–Trinajstić information content (AvgIpc) is 3.65. The number of nitrogens with two attached hydrogens (primary N) is 1. The average molecular weight is 373 g/mol. The van der Waals surface area contributed by atoms with Gasteiger partial charge in [-0.25, -0.2) is 9.97 Å². The number of amides is 1. The lowest BCUT2D eigenvalue weighted by atomic mass is 10.0. The summed E-state index contributed by atoms with van der Waals surface area (Å²) < 4.78 is 0. The summed E-state index contributed by atoms with van der Waals surface area (Å²) in [5, 5.41) is 7.48. The van der Waals surface area contributed by atoms with Crippen LogP contribution in [0.3, 0.4) is 0 Å². The van der Waals surface area contributed by atoms with E-state index in [1.165, 1.54) is 12.8 Å². The fraction of sp³-hybridized carbons (Fsp3) is 0.318. The third-order valence-corrected chi connectivity index (χ3v) is 5.51. The van der Waals surface area contributed by atoms with E-state index in [-0.39, 0.29) is 5.91 Å². The standard InChI is InChI=1S/C22H23N5O/c23-22(8-9-22)21(28)24-12-14-2-1-3-15(10-14)16-4-7-19-18(11-16)20(26-13-25-19)27-17-5-6-17/h1-4,7,10-11,13,17H,5-6,8-9,12,23H2,(H,24,28)(H,25,26,27). The molecule has 1 aromatic heterocycles. The van der Waals surface area contributed by atoms with Gasteiger partial charge in [-0.05, 0) is 60.6 Å². The van der Waals surface area contributed by atoms with Crippen molar-refractivity contribution in [3.8, 4) is 11.1 Å². The molecule has 4 N–H and O–H groups in total. The van der Waals surface area contributed by atoms with Gasteiger partial charge in [0.2, 0.25) is 5.91 Å². The second kappa shape index (κ2) is 6.56. The molecule has 0 saturated heterocycles. The lowest BCUT2D eigenvalue weighted by Gasteiger charge is -2.12. The maximum Gasteiger partial charge on any atom is 0.240 e. The number of carbonyl (C=O) groups is 1. The van der Waals surface area contributed by atoms with E-state index in [0.29, 0.717) is 12.6 Å². The summed E-state index contributed by atoms with van der Waals surface area (Å²) >= 11 is 0. The molecule has 0 unspecified atom stereocenters. The van der Waals surface area contributed by atoms with E-state index in [4.69, 9.17) is 5.73 Å². The minimum Gasteiger partial charge on any atom is -0.367 e. The number of hydrogen-bond donors (Lipinski definition) is 3. The molecule has 0 aliphatic heterocycles. The maximum absolute atomic E-state index is 12.1. The van der Waals surface area contributed by atoms with E-state index in [2.05, 4.69) is 44.9 Å². The highest BCUT2D eigenvalue weighted by Gasteiger charge is 2.45. The Labute approximate surface area is 163 Å². The molecule has 1 amide bonds. The molecule has 3 aromatic rings. The Morgan fingerprint density at radius 3 is 2.71 bits per heavy atom. The molecule has 2 saturated carbocycles. The molecule has 6 heteroatoms. The molecule has 142 valence electrons. The SMILES string of the molecule is NC1(C(=O)NCc2cccc(-c3ccc4ncnc(NC5CC5)c4c3)c2)CC1. The van der Waals surface area contributed by atoms with Crippen molar-refractivity contribution in [2.24, 2.45) is 5.73 Å². The quantitative estimate of drug-likeness (QED) is 0.618. The van der Waals surface area contributed by atoms with Crippen LogP contribution < -0.4 is 16.4 Å². The van der Waals surface area contributed by atoms with Crippen molar-refractivity contribution >= 4 is 22.6 Å². The van der Waals surface area contributed by atoms with Gasteiger partial charge in [-0.2, -0.15) is 0 Å². The van der Waals surface area contributed by atoms with E-state index in [0.717, 1.165) is 46.3 Å². The van der Waals surface area contributed by atoms with E-state index < -0.39 is 5.54 Å². The van der Waals surface area contributed by atoms with Crippen LogP contribution in [0.2, 0.25) is 0 Å². The highest BCUT2D eigenvalue weighted by Crippen LogP contribution is 2.33. The summed E-state index contributed by atoms with van der Waals surface area (Å²) in [5.41, 5.74) is 9.50. The molecule has 2 aliphatic carbocycles. The van der Waals surface area contributed by atoms with Gasteiger partial charge in [0.1, 0.15) is 12.1 Å². The van der Waals surface area contributed by atoms with Gasteiger partial charge in [0, 0.05) is 18.0 Å². The zero-order valence-electron chi connectivity index (χ0n) is 15.6. The Morgan fingerprint density at radius 1 is 1.11 bits per heavy atom. The maximum atomic E-state index is 12.1. The molecule has 0 radical (unpaired) electrons. The molecule has 1 heterocycles. The normalized spacial score (nSPS) is 17.3. The molecule has 5 rings (SSSR count). The number of aromatic nitrogens is 2. The van der Waals surface area contributed by atoms with Gasteiger partial charge < -0.3 is 16.4 Å². The lowest BCUT2D eigenvalue weighted by Crippen LogP contribution is -2.42. The first kappa shape index (κ1) is 17.1. The Hall–Kier alpha value is -2.99. The van der Waals surface area contributed by atoms with Crippen LogP contribution in [0.15, 0.2) is 48.8 Å². The second-order valence-corrected chi connectivity index (χ2v) is 7.91. The fourth-order valence-electron chi connectivity index (χ4n) is 3.35. The molecule has 2 fully saturated rings. The number of rotatable bonds is 6. The predicted molar refractivity (Wildman–Crippen MR) is 110 cm³/mol. The Kier molecular flexibility index (Phi) is 4.02. The summed E-state index contributed by atoms with van der Waals surface area (Å²) in [7, 11) is 0. The largest absolute Gasteiger partial charge is 0.367 e. The zero-order chi connectivity index (χ0) is 19.1. The molecular weight excluding hydrogens is 350 g/mol. The number of carbonyl (C=O) groups excluding carboxylic acids is 1. The number of nitrogens with zero attached hydrogens (tertiary/aromatic N) is 2. The molecule has 2 aromatic carbocycles. The summed E-state index contributed by atoms with van der Waals surface area (Å²) in [6, 6.07) is 15.0. The summed E-state index contributed by atoms with van der Waals surface area (Å²) in [6.07, 6.45) is 5.55. The lowest BCUT2D eigenvalue weighted by molar-refractivity contribution is -0.123. The molecule has 0 bridgehead atoms. The van der Waals surface area contributed by atoms with Crippen LogP contribution in [0, 0.1) is 0 Å². The highest BCUT2D eigenvalue weighted by atomic mass is 16.2. The van der Waals surface area contributed by atoms with Crippen molar-refractivity contribution < 1.29 is 4.79 Å². The minimum absolute atomic E-state index is 0.0588. The first-order valence-electron chi connectivity index (χ1n) is 9.79. The van der Waals surface area contributed by atoms with E-state index >= 15 is 0 Å². The Balaban J connectivity index is 1.40. The van der Waals surface area contributed by atoms with Gasteiger partial charge >= 0.3 is 0 Å². The van der Waals surface area contributed by atoms with Crippen LogP contribution in [-0.4, -0.2) is 27.5 Å². The topological polar surface area (TPSA) is 92.9 Å². The zero-order valence-corrected chi connectivity index (χ0v) is 15.6. The van der Waals surface area contributed by atoms with Gasteiger partial charge in [0.25, 0.3) is 0 Å². The van der Waals surface area contributed by atoms with Crippen LogP contribution in [0.5, 0.6) is 0 Å². The number of fused-ring (bicyclic) bond motifs is 1. The third-order valence-electron chi connectivity index (χ3n) is 5.51. The summed E-state index contributed by atoms with van der Waals surface area (Å²) in [4.78, 5) is 20.9. The first-order chi connectivity index (χ1) is 13.6. The monoisotopic (exact) mass is 373 g/mol. The van der Waals surface area contributed by atoms with Crippen molar-refractivity contribution in [1.82, 2.24) is 15.3 Å². The smallest absolute Gasteiger partial charge is 0.240 e. The van der Waals surface area contributed by atoms with Gasteiger partial charge in [-0.3, -0.25) is 4.79 Å². The fourth-order valence-corrected chi connectivity index (χ4v) is 3.35. The van der Waals surface area contributed by atoms with Crippen LogP contribution in [0.4, 0.5) is 5.82 Å². The third kappa shape index (κ3) is 3.43. The van der Waals surface area contributed by atoms with Crippen LogP contribution in [-0.2, 0) is 11.3 Å². The van der Waals surface area contributed by atoms with Crippen molar-refractivity contribution in [2.75, 3.05) is 5.32 Å². The first-order valence-corrected chi connectivity index (χ1v) is 9.79. The number of hydrogen-bond acceptors (Lipinski definition) is 5. The Morgan fingerprint density at radius 2 is 1.93 bits per heavy atom. The second-order valence-electron chi connectivity index (χ2n) is 7.91. The minimum atomic E-state index is -0.638. The summed E-state index contributed by atoms with van der Waals surface area (Å²) in [6.45, 7) is 0.483. The Bertz CT molecular complexity index is 1060. The number of benzene rings is 2. The molecular formula is C22H23N5O. The van der Waals surface area contributed by atoms with Gasteiger partial charge in [0.15, 0.2) is 0 Å². The molecule has 2 aliphatic rings. The van der Waals surface area contributed by atoms with Crippen LogP contribution in [0.25, 0.3) is 22.0 Å². The van der Waals surface area contributed by atoms with Gasteiger partial charge in [-0.15, -0.1) is 0 Å². The van der Waals surface area contributed by atoms with Crippen LogP contribution in [0.1, 0.15) is 31.2 Å². The van der Waals surface area contributed by atoms with E-state index in [1.807, 2.05) is 18.2 Å². The number of nitrogens with one attached hydrogen (secondary N) is 2. The van der Waals surface area contributed by atoms with Crippen molar-refractivity contribution in [1.29, 1.82) is 0 Å². The van der Waals surface area contributed by atoms with Gasteiger partial charge in [0.05, 0.1) is 11.1 Å². The summed E-state index contributed by atoms with van der Waals surface area (Å²) in [5.74, 6) is 0.840. The van der Waals surface area contributed by atoms with Crippen molar-refractivity contribution in [3.63, 3.8) is 0 Å². The number of anilines is 1. The van der Waals surface area contributed by atoms with E-state index in [9.17, 15) is 4.79 Å². The van der Waals surface area contributed by atoms with Crippen LogP contribution >= 0.6 is 0 Å².